The third-order valence-corrected chi connectivity index (χ3v) is 4.17. The molecule has 1 rings (SSSR count). The number of sulfone groups is 1. The van der Waals surface area contributed by atoms with Crippen LogP contribution in [-0.2, 0) is 9.84 Å². The molecular weight excluding hydrogens is 243 g/mol. The molecule has 1 N–H and O–H groups in total. The van der Waals surface area contributed by atoms with E-state index in [0.29, 0.717) is 0 Å². The van der Waals surface area contributed by atoms with Crippen LogP contribution < -0.4 is 0 Å². The van der Waals surface area contributed by atoms with E-state index >= 15 is 0 Å². The summed E-state index contributed by atoms with van der Waals surface area (Å²) in [7, 11) is -3.62. The monoisotopic (exact) mass is 252 g/mol. The molecule has 0 fully saturated rings. The molecule has 0 aliphatic carbocycles. The van der Waals surface area contributed by atoms with Crippen LogP contribution in [0.15, 0.2) is 24.3 Å². The van der Waals surface area contributed by atoms with Gasteiger partial charge in [-0.3, -0.25) is 0 Å². The Labute approximate surface area is 92.4 Å². The molecule has 6 heteroatoms. The van der Waals surface area contributed by atoms with E-state index in [-0.39, 0.29) is 5.56 Å². The van der Waals surface area contributed by atoms with Gasteiger partial charge in [-0.1, -0.05) is 18.2 Å². The lowest BCUT2D eigenvalue weighted by Gasteiger charge is -2.15. The number of halogens is 2. The molecule has 0 saturated carbocycles. The first-order chi connectivity index (χ1) is 6.84. The first kappa shape index (κ1) is 12.4. The first-order valence-electron chi connectivity index (χ1n) is 4.09. The zero-order valence-electron chi connectivity index (χ0n) is 7.89. The molecule has 0 bridgehead atoms. The topological polar surface area (TPSA) is 54.4 Å². The number of rotatable bonds is 3. The third kappa shape index (κ3) is 2.90. The molecule has 0 spiro atoms. The van der Waals surface area contributed by atoms with Crippen LogP contribution in [0.3, 0.4) is 0 Å². The van der Waals surface area contributed by atoms with Crippen molar-refractivity contribution in [3.05, 3.63) is 35.6 Å². The van der Waals surface area contributed by atoms with Crippen molar-refractivity contribution in [1.29, 1.82) is 0 Å². The van der Waals surface area contributed by atoms with E-state index in [4.69, 9.17) is 11.6 Å². The van der Waals surface area contributed by atoms with Gasteiger partial charge < -0.3 is 5.11 Å². The van der Waals surface area contributed by atoms with Gasteiger partial charge in [-0.25, -0.2) is 12.8 Å². The van der Waals surface area contributed by atoms with E-state index < -0.39 is 26.5 Å². The molecule has 0 heterocycles. The second-order valence-corrected chi connectivity index (χ2v) is 6.04. The number of aliphatic hydroxyl groups is 1. The van der Waals surface area contributed by atoms with Crippen LogP contribution in [0.25, 0.3) is 0 Å². The molecule has 2 atom stereocenters. The SMILES string of the molecule is CS(=O)(=O)[C@H](Cl)[C@@H](O)c1ccccc1F. The van der Waals surface area contributed by atoms with Crippen LogP contribution in [0.2, 0.25) is 0 Å². The summed E-state index contributed by atoms with van der Waals surface area (Å²) in [5.41, 5.74) is -0.122. The van der Waals surface area contributed by atoms with Crippen LogP contribution >= 0.6 is 11.6 Å². The van der Waals surface area contributed by atoms with Crippen molar-refractivity contribution in [2.75, 3.05) is 6.26 Å². The Hall–Kier alpha value is -0.650. The van der Waals surface area contributed by atoms with E-state index in [0.717, 1.165) is 12.3 Å². The Balaban J connectivity index is 3.06. The summed E-state index contributed by atoms with van der Waals surface area (Å²) in [6, 6.07) is 5.35. The molecule has 0 aromatic heterocycles. The first-order valence-corrected chi connectivity index (χ1v) is 6.48. The highest BCUT2D eigenvalue weighted by Crippen LogP contribution is 2.26. The lowest BCUT2D eigenvalue weighted by Crippen LogP contribution is -2.22. The third-order valence-electron chi connectivity index (χ3n) is 1.88. The summed E-state index contributed by atoms with van der Waals surface area (Å²) in [6.45, 7) is 0. The van der Waals surface area contributed by atoms with Crippen LogP contribution in [-0.4, -0.2) is 24.5 Å². The van der Waals surface area contributed by atoms with E-state index in [1.807, 2.05) is 0 Å². The van der Waals surface area contributed by atoms with Crippen LogP contribution in [0.5, 0.6) is 0 Å². The number of alkyl halides is 1. The highest BCUT2D eigenvalue weighted by Gasteiger charge is 2.29. The maximum absolute atomic E-state index is 13.2. The molecule has 3 nitrogen and oxygen atoms in total. The van der Waals surface area contributed by atoms with Crippen LogP contribution in [0.1, 0.15) is 11.7 Å². The molecule has 84 valence electrons. The minimum absolute atomic E-state index is 0.122. The fraction of sp³-hybridized carbons (Fsp3) is 0.333. The standard InChI is InChI=1S/C9H10ClFO3S/c1-15(13,14)9(10)8(12)6-4-2-3-5-7(6)11/h2-5,8-9,12H,1H3/t8-,9-/m0/s1. The van der Waals surface area contributed by atoms with Gasteiger partial charge in [-0.05, 0) is 6.07 Å². The summed E-state index contributed by atoms with van der Waals surface area (Å²) in [4.78, 5) is 0. The van der Waals surface area contributed by atoms with E-state index in [1.54, 1.807) is 0 Å². The normalized spacial score (nSPS) is 16.0. The van der Waals surface area contributed by atoms with Crippen LogP contribution in [0.4, 0.5) is 4.39 Å². The smallest absolute Gasteiger partial charge is 0.167 e. The van der Waals surface area contributed by atoms with Gasteiger partial charge in [-0.15, -0.1) is 11.6 Å². The second kappa shape index (κ2) is 4.47. The maximum atomic E-state index is 13.2. The van der Waals surface area contributed by atoms with Gasteiger partial charge in [-0.2, -0.15) is 0 Å². The zero-order valence-corrected chi connectivity index (χ0v) is 9.46. The molecular formula is C9H10ClFO3S. The summed E-state index contributed by atoms with van der Waals surface area (Å²) in [5, 5.41) is 9.55. The van der Waals surface area contributed by atoms with Crippen LogP contribution in [0, 0.1) is 5.82 Å². The Bertz CT molecular complexity index is 446. The summed E-state index contributed by atoms with van der Waals surface area (Å²) in [6.07, 6.45) is -0.683. The molecule has 0 aliphatic rings. The fourth-order valence-corrected chi connectivity index (χ4v) is 1.84. The number of hydrogen-bond donors (Lipinski definition) is 1. The van der Waals surface area contributed by atoms with Gasteiger partial charge in [0.15, 0.2) is 14.5 Å². The van der Waals surface area contributed by atoms with Crippen molar-refractivity contribution in [3.8, 4) is 0 Å². The number of hydrogen-bond acceptors (Lipinski definition) is 3. The molecule has 15 heavy (non-hydrogen) atoms. The fourth-order valence-electron chi connectivity index (χ4n) is 1.09. The van der Waals surface area contributed by atoms with Crippen molar-refractivity contribution in [1.82, 2.24) is 0 Å². The van der Waals surface area contributed by atoms with Gasteiger partial charge in [0.05, 0.1) is 0 Å². The quantitative estimate of drug-likeness (QED) is 0.829. The largest absolute Gasteiger partial charge is 0.386 e. The van der Waals surface area contributed by atoms with Crippen molar-refractivity contribution < 1.29 is 17.9 Å². The van der Waals surface area contributed by atoms with Gasteiger partial charge in [0.2, 0.25) is 0 Å². The lowest BCUT2D eigenvalue weighted by atomic mass is 10.1. The summed E-state index contributed by atoms with van der Waals surface area (Å²) in [5.74, 6) is -0.681. The Morgan fingerprint density at radius 2 is 1.93 bits per heavy atom. The average molecular weight is 253 g/mol. The highest BCUT2D eigenvalue weighted by molar-refractivity contribution is 7.92. The van der Waals surface area contributed by atoms with Gasteiger partial charge in [0.1, 0.15) is 11.9 Å². The van der Waals surface area contributed by atoms with E-state index in [1.165, 1.54) is 18.2 Å². The van der Waals surface area contributed by atoms with Gasteiger partial charge >= 0.3 is 0 Å². The maximum Gasteiger partial charge on any atom is 0.167 e. The predicted octanol–water partition coefficient (Wildman–Crippen LogP) is 1.47. The highest BCUT2D eigenvalue weighted by atomic mass is 35.5. The second-order valence-electron chi connectivity index (χ2n) is 3.15. The molecule has 1 aromatic carbocycles. The molecule has 0 unspecified atom stereocenters. The molecule has 0 aliphatic heterocycles. The summed E-state index contributed by atoms with van der Waals surface area (Å²) >= 11 is 5.51. The number of benzene rings is 1. The van der Waals surface area contributed by atoms with Crippen molar-refractivity contribution in [3.63, 3.8) is 0 Å². The lowest BCUT2D eigenvalue weighted by molar-refractivity contribution is 0.187. The molecule has 0 saturated heterocycles. The van der Waals surface area contributed by atoms with E-state index in [9.17, 15) is 17.9 Å². The minimum atomic E-state index is -3.62. The molecule has 0 amide bonds. The zero-order chi connectivity index (χ0) is 11.6. The summed E-state index contributed by atoms with van der Waals surface area (Å²) < 4.78 is 33.7. The Morgan fingerprint density at radius 3 is 2.40 bits per heavy atom. The molecule has 0 radical (unpaired) electrons. The van der Waals surface area contributed by atoms with E-state index in [2.05, 4.69) is 0 Å². The Kier molecular flexibility index (Phi) is 3.70. The van der Waals surface area contributed by atoms with Crippen molar-refractivity contribution in [2.45, 2.75) is 10.8 Å². The average Bonchev–Trinajstić information content (AvgIpc) is 2.15. The Morgan fingerprint density at radius 1 is 1.40 bits per heavy atom. The van der Waals surface area contributed by atoms with Gasteiger partial charge in [0.25, 0.3) is 0 Å². The minimum Gasteiger partial charge on any atom is -0.386 e. The van der Waals surface area contributed by atoms with Gasteiger partial charge in [0, 0.05) is 11.8 Å². The molecule has 1 aromatic rings. The predicted molar refractivity (Wildman–Crippen MR) is 55.8 cm³/mol. The van der Waals surface area contributed by atoms with Crippen molar-refractivity contribution in [2.24, 2.45) is 0 Å². The van der Waals surface area contributed by atoms with Crippen molar-refractivity contribution >= 4 is 21.4 Å². The number of aliphatic hydroxyl groups excluding tert-OH is 1.